The van der Waals surface area contributed by atoms with Gasteiger partial charge in [0, 0.05) is 17.6 Å². The summed E-state index contributed by atoms with van der Waals surface area (Å²) in [5, 5.41) is 7.01. The van der Waals surface area contributed by atoms with Crippen molar-refractivity contribution < 1.29 is 22.8 Å². The van der Waals surface area contributed by atoms with Gasteiger partial charge in [-0.3, -0.25) is 18.8 Å². The molecule has 4 amide bonds. The number of amides is 4. The first kappa shape index (κ1) is 23.5. The molecular formula is C23H22N4O5S2. The van der Waals surface area contributed by atoms with Gasteiger partial charge in [-0.25, -0.2) is 13.2 Å². The number of urea groups is 1. The lowest BCUT2D eigenvalue weighted by atomic mass is 10.0. The van der Waals surface area contributed by atoms with Crippen molar-refractivity contribution in [2.24, 2.45) is 0 Å². The lowest BCUT2D eigenvalue weighted by molar-refractivity contribution is -0.133. The molecule has 4 rings (SSSR count). The molecule has 0 bridgehead atoms. The first-order chi connectivity index (χ1) is 16.1. The van der Waals surface area contributed by atoms with Gasteiger partial charge in [0.2, 0.25) is 5.91 Å². The van der Waals surface area contributed by atoms with Gasteiger partial charge >= 0.3 is 6.03 Å². The minimum atomic E-state index is -3.88. The van der Waals surface area contributed by atoms with E-state index in [1.807, 2.05) is 0 Å². The first-order valence-electron chi connectivity index (χ1n) is 10.2. The Morgan fingerprint density at radius 1 is 1.09 bits per heavy atom. The summed E-state index contributed by atoms with van der Waals surface area (Å²) in [7, 11) is -2.43. The molecule has 2 heterocycles. The van der Waals surface area contributed by atoms with Crippen LogP contribution in [0.3, 0.4) is 0 Å². The van der Waals surface area contributed by atoms with Gasteiger partial charge in [-0.15, -0.1) is 11.3 Å². The van der Waals surface area contributed by atoms with Gasteiger partial charge < -0.3 is 10.6 Å². The van der Waals surface area contributed by atoms with Crippen LogP contribution < -0.4 is 14.9 Å². The normalized spacial score (nSPS) is 18.0. The SMILES string of the molecule is CN(c1ccccc1)S(=O)(=O)c1cccc(NC(=O)CN2C(=O)NC(C)(c3cccs3)C2=O)c1. The molecule has 9 nitrogen and oxygen atoms in total. The number of sulfonamides is 1. The fraction of sp³-hybridized carbons (Fsp3) is 0.174. The Balaban J connectivity index is 1.48. The zero-order chi connectivity index (χ0) is 24.5. The number of carbonyl (C=O) groups excluding carboxylic acids is 3. The van der Waals surface area contributed by atoms with Crippen molar-refractivity contribution in [3.63, 3.8) is 0 Å². The van der Waals surface area contributed by atoms with Gasteiger partial charge in [-0.05, 0) is 48.7 Å². The van der Waals surface area contributed by atoms with E-state index < -0.39 is 40.0 Å². The minimum absolute atomic E-state index is 0.0167. The van der Waals surface area contributed by atoms with Crippen LogP contribution in [-0.2, 0) is 25.2 Å². The van der Waals surface area contributed by atoms with Crippen LogP contribution in [0.4, 0.5) is 16.2 Å². The third-order valence-electron chi connectivity index (χ3n) is 5.49. The van der Waals surface area contributed by atoms with Crippen LogP contribution in [0, 0.1) is 0 Å². The van der Waals surface area contributed by atoms with Crippen LogP contribution in [0.5, 0.6) is 0 Å². The molecule has 0 saturated carbocycles. The fourth-order valence-corrected chi connectivity index (χ4v) is 5.66. The molecule has 0 spiro atoms. The number of nitrogens with zero attached hydrogens (tertiary/aromatic N) is 2. The smallest absolute Gasteiger partial charge is 0.324 e. The second kappa shape index (κ2) is 8.92. The topological polar surface area (TPSA) is 116 Å². The van der Waals surface area contributed by atoms with E-state index in [4.69, 9.17) is 0 Å². The molecule has 1 unspecified atom stereocenters. The average molecular weight is 499 g/mol. The summed E-state index contributed by atoms with van der Waals surface area (Å²) in [6, 6.07) is 17.2. The molecule has 11 heteroatoms. The van der Waals surface area contributed by atoms with Gasteiger partial charge in [0.05, 0.1) is 10.6 Å². The molecule has 2 aromatic carbocycles. The number of anilines is 2. The Labute approximate surface area is 201 Å². The van der Waals surface area contributed by atoms with Gasteiger partial charge in [0.25, 0.3) is 15.9 Å². The molecule has 1 atom stereocenters. The van der Waals surface area contributed by atoms with E-state index in [1.165, 1.54) is 42.6 Å². The van der Waals surface area contributed by atoms with Crippen molar-refractivity contribution in [3.8, 4) is 0 Å². The van der Waals surface area contributed by atoms with Gasteiger partial charge in [-0.1, -0.05) is 30.3 Å². The molecule has 1 aliphatic rings. The van der Waals surface area contributed by atoms with Gasteiger partial charge in [0.1, 0.15) is 6.54 Å². The molecule has 2 N–H and O–H groups in total. The van der Waals surface area contributed by atoms with E-state index in [9.17, 15) is 22.8 Å². The molecule has 1 fully saturated rings. The number of benzene rings is 2. The van der Waals surface area contributed by atoms with Crippen molar-refractivity contribution in [2.45, 2.75) is 17.4 Å². The van der Waals surface area contributed by atoms with Crippen LogP contribution in [-0.4, -0.2) is 44.8 Å². The third kappa shape index (κ3) is 4.27. The van der Waals surface area contributed by atoms with Crippen molar-refractivity contribution >= 4 is 50.6 Å². The molecule has 1 aliphatic heterocycles. The van der Waals surface area contributed by atoms with E-state index in [-0.39, 0.29) is 10.6 Å². The van der Waals surface area contributed by atoms with Crippen LogP contribution in [0.15, 0.2) is 77.0 Å². The van der Waals surface area contributed by atoms with Crippen LogP contribution in [0.1, 0.15) is 11.8 Å². The number of rotatable bonds is 7. The third-order valence-corrected chi connectivity index (χ3v) is 8.36. The first-order valence-corrected chi connectivity index (χ1v) is 12.6. The maximum Gasteiger partial charge on any atom is 0.325 e. The largest absolute Gasteiger partial charge is 0.325 e. The number of thiophene rings is 1. The Morgan fingerprint density at radius 2 is 1.82 bits per heavy atom. The second-order valence-corrected chi connectivity index (χ2v) is 10.7. The van der Waals surface area contributed by atoms with E-state index in [2.05, 4.69) is 10.6 Å². The summed E-state index contributed by atoms with van der Waals surface area (Å²) in [5.41, 5.74) is -0.522. The Bertz CT molecular complexity index is 1340. The Hall–Kier alpha value is -3.70. The molecule has 176 valence electrons. The lowest BCUT2D eigenvalue weighted by Crippen LogP contribution is -2.41. The van der Waals surface area contributed by atoms with Crippen LogP contribution in [0.25, 0.3) is 0 Å². The predicted molar refractivity (Wildman–Crippen MR) is 129 cm³/mol. The molecule has 1 saturated heterocycles. The van der Waals surface area contributed by atoms with Crippen LogP contribution in [0.2, 0.25) is 0 Å². The van der Waals surface area contributed by atoms with Crippen LogP contribution >= 0.6 is 11.3 Å². The molecule has 1 aromatic heterocycles. The molecule has 3 aromatic rings. The summed E-state index contributed by atoms with van der Waals surface area (Å²) in [6.45, 7) is 1.08. The number of hydrogen-bond donors (Lipinski definition) is 2. The highest BCUT2D eigenvalue weighted by Gasteiger charge is 2.50. The summed E-state index contributed by atoms with van der Waals surface area (Å²) in [4.78, 5) is 39.4. The lowest BCUT2D eigenvalue weighted by Gasteiger charge is -2.20. The van der Waals surface area contributed by atoms with Crippen molar-refractivity contribution in [2.75, 3.05) is 23.2 Å². The summed E-state index contributed by atoms with van der Waals surface area (Å²) in [5.74, 6) is -1.17. The van der Waals surface area contributed by atoms with Gasteiger partial charge in [-0.2, -0.15) is 0 Å². The minimum Gasteiger partial charge on any atom is -0.324 e. The van der Waals surface area contributed by atoms with E-state index in [0.29, 0.717) is 10.6 Å². The van der Waals surface area contributed by atoms with E-state index >= 15 is 0 Å². The molecule has 0 aliphatic carbocycles. The maximum atomic E-state index is 13.0. The number of imide groups is 1. The highest BCUT2D eigenvalue weighted by atomic mass is 32.2. The van der Waals surface area contributed by atoms with Gasteiger partial charge in [0.15, 0.2) is 5.54 Å². The highest BCUT2D eigenvalue weighted by molar-refractivity contribution is 7.92. The zero-order valence-corrected chi connectivity index (χ0v) is 20.0. The fourth-order valence-electron chi connectivity index (χ4n) is 3.58. The number of carbonyl (C=O) groups is 3. The standard InChI is InChI=1S/C23H22N4O5S2/c1-23(19-12-7-13-33-19)21(29)27(22(30)25-23)15-20(28)24-16-8-6-11-18(14-16)34(31,32)26(2)17-9-4-3-5-10-17/h3-14H,15H2,1-2H3,(H,24,28)(H,25,30). The summed E-state index contributed by atoms with van der Waals surface area (Å²) < 4.78 is 27.2. The molecular weight excluding hydrogens is 476 g/mol. The Kier molecular flexibility index (Phi) is 6.15. The number of para-hydroxylation sites is 1. The highest BCUT2D eigenvalue weighted by Crippen LogP contribution is 2.32. The molecule has 0 radical (unpaired) electrons. The van der Waals surface area contributed by atoms with E-state index in [1.54, 1.807) is 54.8 Å². The summed E-state index contributed by atoms with van der Waals surface area (Å²) >= 11 is 1.33. The van der Waals surface area contributed by atoms with E-state index in [0.717, 1.165) is 9.21 Å². The molecule has 34 heavy (non-hydrogen) atoms. The monoisotopic (exact) mass is 498 g/mol. The number of nitrogens with one attached hydrogen (secondary N) is 2. The van der Waals surface area contributed by atoms with Crippen molar-refractivity contribution in [3.05, 3.63) is 77.0 Å². The summed E-state index contributed by atoms with van der Waals surface area (Å²) in [6.07, 6.45) is 0. The van der Waals surface area contributed by atoms with Crippen molar-refractivity contribution in [1.29, 1.82) is 0 Å². The Morgan fingerprint density at radius 3 is 2.50 bits per heavy atom. The maximum absolute atomic E-state index is 13.0. The second-order valence-electron chi connectivity index (χ2n) is 7.81. The quantitative estimate of drug-likeness (QED) is 0.486. The predicted octanol–water partition coefficient (Wildman–Crippen LogP) is 2.98. The zero-order valence-electron chi connectivity index (χ0n) is 18.4. The number of hydrogen-bond acceptors (Lipinski definition) is 6. The van der Waals surface area contributed by atoms with Crippen molar-refractivity contribution in [1.82, 2.24) is 10.2 Å². The average Bonchev–Trinajstić information content (AvgIpc) is 3.44.